The molecule has 0 bridgehead atoms. The van der Waals surface area contributed by atoms with Gasteiger partial charge in [0.05, 0.1) is 18.4 Å². The highest BCUT2D eigenvalue weighted by Gasteiger charge is 2.22. The van der Waals surface area contributed by atoms with Crippen molar-refractivity contribution in [3.8, 4) is 11.4 Å². The Balaban J connectivity index is 1.57. The van der Waals surface area contributed by atoms with Gasteiger partial charge in [0.25, 0.3) is 0 Å². The number of rotatable bonds is 6. The molecule has 1 unspecified atom stereocenters. The van der Waals surface area contributed by atoms with Gasteiger partial charge >= 0.3 is 0 Å². The Morgan fingerprint density at radius 2 is 2.04 bits per heavy atom. The Kier molecular flexibility index (Phi) is 5.50. The second-order valence-corrected chi connectivity index (χ2v) is 7.90. The number of benzene rings is 1. The quantitative estimate of drug-likeness (QED) is 0.837. The molecule has 7 nitrogen and oxygen atoms in total. The van der Waals surface area contributed by atoms with E-state index in [1.807, 2.05) is 0 Å². The lowest BCUT2D eigenvalue weighted by Crippen LogP contribution is -2.34. The maximum absolute atomic E-state index is 12.1. The number of hydrogen-bond acceptors (Lipinski definition) is 6. The van der Waals surface area contributed by atoms with Crippen LogP contribution in [0.5, 0.6) is 0 Å². The summed E-state index contributed by atoms with van der Waals surface area (Å²) in [6.07, 6.45) is 2.50. The highest BCUT2D eigenvalue weighted by molar-refractivity contribution is 7.89. The summed E-state index contributed by atoms with van der Waals surface area (Å²) in [6, 6.07) is 6.97. The normalized spacial score (nSPS) is 18.6. The zero-order valence-corrected chi connectivity index (χ0v) is 14.5. The molecule has 1 aromatic heterocycles. The van der Waals surface area contributed by atoms with Crippen molar-refractivity contribution >= 4 is 21.6 Å². The van der Waals surface area contributed by atoms with Crippen molar-refractivity contribution in [3.05, 3.63) is 35.2 Å². The Morgan fingerprint density at radius 3 is 2.75 bits per heavy atom. The first-order chi connectivity index (χ1) is 11.5. The SMILES string of the molecule is O=S(=O)(CC1CCCCO1)NCc1nc(-c2ccc(Cl)cc2)no1. The molecule has 2 heterocycles. The second kappa shape index (κ2) is 7.60. The van der Waals surface area contributed by atoms with Gasteiger partial charge in [0.15, 0.2) is 0 Å². The average molecular weight is 372 g/mol. The van der Waals surface area contributed by atoms with Crippen molar-refractivity contribution in [2.24, 2.45) is 0 Å². The molecule has 1 aliphatic heterocycles. The lowest BCUT2D eigenvalue weighted by molar-refractivity contribution is 0.0304. The number of nitrogens with zero attached hydrogens (tertiary/aromatic N) is 2. The second-order valence-electron chi connectivity index (χ2n) is 5.61. The number of hydrogen-bond donors (Lipinski definition) is 1. The predicted octanol–water partition coefficient (Wildman–Crippen LogP) is 2.38. The first kappa shape index (κ1) is 17.3. The molecule has 24 heavy (non-hydrogen) atoms. The van der Waals surface area contributed by atoms with Crippen molar-refractivity contribution in [3.63, 3.8) is 0 Å². The summed E-state index contributed by atoms with van der Waals surface area (Å²) in [5.41, 5.74) is 0.743. The average Bonchev–Trinajstić information content (AvgIpc) is 3.03. The van der Waals surface area contributed by atoms with Crippen LogP contribution in [0.25, 0.3) is 11.4 Å². The number of halogens is 1. The highest BCUT2D eigenvalue weighted by atomic mass is 35.5. The largest absolute Gasteiger partial charge is 0.377 e. The molecule has 1 fully saturated rings. The van der Waals surface area contributed by atoms with Crippen LogP contribution in [0.3, 0.4) is 0 Å². The van der Waals surface area contributed by atoms with Gasteiger partial charge in [0, 0.05) is 17.2 Å². The Bertz CT molecular complexity index is 770. The standard InChI is InChI=1S/C15H18ClN3O4S/c16-12-6-4-11(5-7-12)15-18-14(23-19-15)9-17-24(20,21)10-13-3-1-2-8-22-13/h4-7,13,17H,1-3,8-10H2. The minimum absolute atomic E-state index is 0.0460. The number of aromatic nitrogens is 2. The zero-order chi connectivity index (χ0) is 17.0. The van der Waals surface area contributed by atoms with Crippen molar-refractivity contribution in [1.29, 1.82) is 0 Å². The zero-order valence-electron chi connectivity index (χ0n) is 12.9. The van der Waals surface area contributed by atoms with Crippen LogP contribution in [0.1, 0.15) is 25.2 Å². The van der Waals surface area contributed by atoms with Gasteiger partial charge in [0.1, 0.15) is 0 Å². The third kappa shape index (κ3) is 4.76. The van der Waals surface area contributed by atoms with Gasteiger partial charge in [-0.1, -0.05) is 16.8 Å². The third-order valence-electron chi connectivity index (χ3n) is 3.69. The van der Waals surface area contributed by atoms with E-state index < -0.39 is 10.0 Å². The number of nitrogens with one attached hydrogen (secondary N) is 1. The summed E-state index contributed by atoms with van der Waals surface area (Å²) in [7, 11) is -3.46. The van der Waals surface area contributed by atoms with Gasteiger partial charge in [-0.15, -0.1) is 0 Å². The molecule has 1 atom stereocenters. The van der Waals surface area contributed by atoms with E-state index in [9.17, 15) is 8.42 Å². The highest BCUT2D eigenvalue weighted by Crippen LogP contribution is 2.19. The molecular formula is C15H18ClN3O4S. The van der Waals surface area contributed by atoms with E-state index in [2.05, 4.69) is 14.9 Å². The van der Waals surface area contributed by atoms with E-state index in [-0.39, 0.29) is 24.3 Å². The van der Waals surface area contributed by atoms with Gasteiger partial charge in [-0.3, -0.25) is 0 Å². The minimum Gasteiger partial charge on any atom is -0.377 e. The summed E-state index contributed by atoms with van der Waals surface area (Å²) in [5.74, 6) is 0.537. The van der Waals surface area contributed by atoms with E-state index in [4.69, 9.17) is 20.9 Å². The van der Waals surface area contributed by atoms with Crippen molar-refractivity contribution < 1.29 is 17.7 Å². The molecule has 0 spiro atoms. The minimum atomic E-state index is -3.46. The van der Waals surface area contributed by atoms with Gasteiger partial charge in [-0.2, -0.15) is 4.98 Å². The first-order valence-corrected chi connectivity index (χ1v) is 9.72. The molecule has 0 aliphatic carbocycles. The van der Waals surface area contributed by atoms with Crippen LogP contribution in [0.2, 0.25) is 5.02 Å². The maximum atomic E-state index is 12.1. The van der Waals surface area contributed by atoms with Gasteiger partial charge in [-0.05, 0) is 43.5 Å². The monoisotopic (exact) mass is 371 g/mol. The molecule has 0 radical (unpaired) electrons. The molecule has 0 amide bonds. The van der Waals surface area contributed by atoms with Crippen molar-refractivity contribution in [2.45, 2.75) is 31.9 Å². The van der Waals surface area contributed by atoms with Crippen LogP contribution < -0.4 is 4.72 Å². The van der Waals surface area contributed by atoms with E-state index >= 15 is 0 Å². The van der Waals surface area contributed by atoms with Crippen LogP contribution >= 0.6 is 11.6 Å². The van der Waals surface area contributed by atoms with Crippen molar-refractivity contribution in [1.82, 2.24) is 14.9 Å². The molecule has 2 aromatic rings. The molecule has 1 aromatic carbocycles. The molecule has 0 saturated carbocycles. The lowest BCUT2D eigenvalue weighted by atomic mass is 10.1. The van der Waals surface area contributed by atoms with Crippen LogP contribution in [0, 0.1) is 0 Å². The topological polar surface area (TPSA) is 94.3 Å². The van der Waals surface area contributed by atoms with Crippen LogP contribution in [0.15, 0.2) is 28.8 Å². The fraction of sp³-hybridized carbons (Fsp3) is 0.467. The van der Waals surface area contributed by atoms with E-state index in [1.54, 1.807) is 24.3 Å². The fourth-order valence-corrected chi connectivity index (χ4v) is 3.80. The Morgan fingerprint density at radius 1 is 1.25 bits per heavy atom. The molecule has 1 aliphatic rings. The first-order valence-electron chi connectivity index (χ1n) is 7.69. The molecule has 1 saturated heterocycles. The lowest BCUT2D eigenvalue weighted by Gasteiger charge is -2.22. The van der Waals surface area contributed by atoms with Gasteiger partial charge in [-0.25, -0.2) is 13.1 Å². The van der Waals surface area contributed by atoms with E-state index in [0.29, 0.717) is 17.5 Å². The Hall–Kier alpha value is -1.48. The smallest absolute Gasteiger partial charge is 0.242 e. The molecule has 9 heteroatoms. The van der Waals surface area contributed by atoms with E-state index in [0.717, 1.165) is 24.8 Å². The predicted molar refractivity (Wildman–Crippen MR) is 89.0 cm³/mol. The maximum Gasteiger partial charge on any atom is 0.242 e. The fourth-order valence-electron chi connectivity index (χ4n) is 2.46. The van der Waals surface area contributed by atoms with Crippen molar-refractivity contribution in [2.75, 3.05) is 12.4 Å². The summed E-state index contributed by atoms with van der Waals surface area (Å²) in [5, 5.41) is 4.46. The summed E-state index contributed by atoms with van der Waals surface area (Å²) >= 11 is 5.83. The molecule has 3 rings (SSSR count). The Labute approximate surface area is 145 Å². The summed E-state index contributed by atoms with van der Waals surface area (Å²) < 4.78 is 37.2. The molecule has 1 N–H and O–H groups in total. The number of ether oxygens (including phenoxy) is 1. The third-order valence-corrected chi connectivity index (χ3v) is 5.34. The molecular weight excluding hydrogens is 354 g/mol. The van der Waals surface area contributed by atoms with Gasteiger partial charge < -0.3 is 9.26 Å². The summed E-state index contributed by atoms with van der Waals surface area (Å²) in [4.78, 5) is 4.18. The van der Waals surface area contributed by atoms with E-state index in [1.165, 1.54) is 0 Å². The van der Waals surface area contributed by atoms with Crippen LogP contribution in [0.4, 0.5) is 0 Å². The number of sulfonamides is 1. The van der Waals surface area contributed by atoms with Crippen LogP contribution in [-0.2, 0) is 21.3 Å². The van der Waals surface area contributed by atoms with Crippen LogP contribution in [-0.4, -0.2) is 37.0 Å². The summed E-state index contributed by atoms with van der Waals surface area (Å²) in [6.45, 7) is 0.573. The van der Waals surface area contributed by atoms with Gasteiger partial charge in [0.2, 0.25) is 21.7 Å². The molecule has 130 valence electrons.